The highest BCUT2D eigenvalue weighted by molar-refractivity contribution is 5.48. The Balaban J connectivity index is 1.59. The van der Waals surface area contributed by atoms with Crippen LogP contribution in [-0.2, 0) is 13.3 Å². The van der Waals surface area contributed by atoms with E-state index in [1.54, 1.807) is 54.0 Å². The summed E-state index contributed by atoms with van der Waals surface area (Å²) in [5.41, 5.74) is 2.88. The lowest BCUT2D eigenvalue weighted by Crippen LogP contribution is -2.17. The molecule has 5 nitrogen and oxygen atoms in total. The van der Waals surface area contributed by atoms with Crippen molar-refractivity contribution in [3.05, 3.63) is 94.0 Å². The zero-order valence-corrected chi connectivity index (χ0v) is 15.1. The highest BCUT2D eigenvalue weighted by Crippen LogP contribution is 2.17. The number of nitrogens with zero attached hydrogens (tertiary/aromatic N) is 3. The van der Waals surface area contributed by atoms with Crippen LogP contribution in [0.5, 0.6) is 5.75 Å². The number of aryl methyl sites for hydroxylation is 1. The molecule has 0 unspecified atom stereocenters. The summed E-state index contributed by atoms with van der Waals surface area (Å²) in [7, 11) is 0. The van der Waals surface area contributed by atoms with Gasteiger partial charge < -0.3 is 9.14 Å². The SMILES string of the molecule is Cc1c(CF)nc2ccc(-n3ccc(OCc4ccc(F)cc4)cc3=O)cn12. The smallest absolute Gasteiger partial charge is 0.258 e. The van der Waals surface area contributed by atoms with Crippen molar-refractivity contribution in [2.75, 3.05) is 0 Å². The van der Waals surface area contributed by atoms with Crippen LogP contribution in [-0.4, -0.2) is 14.0 Å². The second-order valence-corrected chi connectivity index (χ2v) is 6.38. The van der Waals surface area contributed by atoms with Gasteiger partial charge in [0.05, 0.1) is 11.4 Å². The second kappa shape index (κ2) is 7.26. The molecule has 0 aliphatic carbocycles. The number of fused-ring (bicyclic) bond motifs is 1. The predicted molar refractivity (Wildman–Crippen MR) is 101 cm³/mol. The fourth-order valence-electron chi connectivity index (χ4n) is 2.98. The van der Waals surface area contributed by atoms with Crippen LogP contribution in [0.3, 0.4) is 0 Å². The Kier molecular flexibility index (Phi) is 4.65. The van der Waals surface area contributed by atoms with E-state index in [9.17, 15) is 13.6 Å². The maximum absolute atomic E-state index is 13.0. The van der Waals surface area contributed by atoms with Gasteiger partial charge in [0, 0.05) is 24.2 Å². The van der Waals surface area contributed by atoms with Crippen LogP contribution >= 0.6 is 0 Å². The van der Waals surface area contributed by atoms with Crippen LogP contribution in [0.1, 0.15) is 17.0 Å². The lowest BCUT2D eigenvalue weighted by molar-refractivity contribution is 0.305. The van der Waals surface area contributed by atoms with E-state index in [4.69, 9.17) is 4.74 Å². The molecule has 3 heterocycles. The number of pyridine rings is 2. The summed E-state index contributed by atoms with van der Waals surface area (Å²) in [4.78, 5) is 16.7. The van der Waals surface area contributed by atoms with Crippen LogP contribution < -0.4 is 10.3 Å². The number of rotatable bonds is 5. The average molecular weight is 381 g/mol. The topological polar surface area (TPSA) is 48.5 Å². The van der Waals surface area contributed by atoms with Crippen LogP contribution in [0.25, 0.3) is 11.3 Å². The van der Waals surface area contributed by atoms with E-state index in [1.807, 2.05) is 0 Å². The molecule has 0 aliphatic heterocycles. The number of ether oxygens (including phenoxy) is 1. The van der Waals surface area contributed by atoms with Gasteiger partial charge in [0.1, 0.15) is 30.5 Å². The maximum atomic E-state index is 13.0. The van der Waals surface area contributed by atoms with Crippen molar-refractivity contribution in [2.45, 2.75) is 20.2 Å². The molecule has 0 bridgehead atoms. The Labute approximate surface area is 159 Å². The first kappa shape index (κ1) is 17.9. The van der Waals surface area contributed by atoms with Gasteiger partial charge in [-0.25, -0.2) is 13.8 Å². The maximum Gasteiger partial charge on any atom is 0.258 e. The summed E-state index contributed by atoms with van der Waals surface area (Å²) >= 11 is 0. The van der Waals surface area contributed by atoms with Gasteiger partial charge in [-0.15, -0.1) is 0 Å². The molecular formula is C21H17F2N3O2. The molecular weight excluding hydrogens is 364 g/mol. The largest absolute Gasteiger partial charge is 0.489 e. The van der Waals surface area contributed by atoms with Crippen molar-refractivity contribution in [1.29, 1.82) is 0 Å². The Morgan fingerprint density at radius 1 is 1.11 bits per heavy atom. The number of hydrogen-bond donors (Lipinski definition) is 0. The third kappa shape index (κ3) is 3.38. The Hall–Kier alpha value is -3.48. The van der Waals surface area contributed by atoms with Gasteiger partial charge in [-0.1, -0.05) is 12.1 Å². The number of aromatic nitrogens is 3. The predicted octanol–water partition coefficient (Wildman–Crippen LogP) is 3.98. The summed E-state index contributed by atoms with van der Waals surface area (Å²) in [5, 5.41) is 0. The van der Waals surface area contributed by atoms with Crippen LogP contribution in [0, 0.1) is 12.7 Å². The molecule has 4 aromatic rings. The first-order valence-corrected chi connectivity index (χ1v) is 8.69. The number of imidazole rings is 1. The van der Waals surface area contributed by atoms with Crippen molar-refractivity contribution >= 4 is 5.65 Å². The summed E-state index contributed by atoms with van der Waals surface area (Å²) in [5.74, 6) is 0.111. The van der Waals surface area contributed by atoms with Crippen molar-refractivity contribution < 1.29 is 13.5 Å². The van der Waals surface area contributed by atoms with Crippen LogP contribution in [0.15, 0.2) is 65.7 Å². The van der Waals surface area contributed by atoms with Crippen molar-refractivity contribution in [1.82, 2.24) is 14.0 Å². The summed E-state index contributed by atoms with van der Waals surface area (Å²) in [6.45, 7) is 1.38. The zero-order valence-electron chi connectivity index (χ0n) is 15.1. The fourth-order valence-corrected chi connectivity index (χ4v) is 2.98. The summed E-state index contributed by atoms with van der Waals surface area (Å²) in [6.07, 6.45) is 3.36. The molecule has 4 rings (SSSR count). The number of benzene rings is 1. The van der Waals surface area contributed by atoms with E-state index in [1.165, 1.54) is 22.8 Å². The number of halogens is 2. The molecule has 0 saturated carbocycles. The minimum atomic E-state index is -0.636. The lowest BCUT2D eigenvalue weighted by atomic mass is 10.2. The quantitative estimate of drug-likeness (QED) is 0.525. The molecule has 0 amide bonds. The molecule has 0 N–H and O–H groups in total. The average Bonchev–Trinajstić information content (AvgIpc) is 3.03. The number of alkyl halides is 1. The Bertz CT molecular complexity index is 1200. The highest BCUT2D eigenvalue weighted by Gasteiger charge is 2.10. The monoisotopic (exact) mass is 381 g/mol. The molecule has 0 saturated heterocycles. The van der Waals surface area contributed by atoms with Gasteiger partial charge in [-0.05, 0) is 42.8 Å². The minimum absolute atomic E-state index is 0.232. The van der Waals surface area contributed by atoms with E-state index in [-0.39, 0.29) is 18.0 Å². The van der Waals surface area contributed by atoms with Crippen LogP contribution in [0.4, 0.5) is 8.78 Å². The second-order valence-electron chi connectivity index (χ2n) is 6.38. The molecule has 142 valence electrons. The molecule has 7 heteroatoms. The number of hydrogen-bond acceptors (Lipinski definition) is 3. The zero-order chi connectivity index (χ0) is 19.7. The van der Waals surface area contributed by atoms with Gasteiger partial charge >= 0.3 is 0 Å². The van der Waals surface area contributed by atoms with E-state index in [0.29, 0.717) is 28.5 Å². The summed E-state index contributed by atoms with van der Waals surface area (Å²) in [6, 6.07) is 12.6. The Morgan fingerprint density at radius 3 is 2.61 bits per heavy atom. The molecule has 0 atom stereocenters. The van der Waals surface area contributed by atoms with E-state index in [0.717, 1.165) is 5.56 Å². The van der Waals surface area contributed by atoms with Gasteiger partial charge in [-0.3, -0.25) is 9.36 Å². The third-order valence-electron chi connectivity index (χ3n) is 4.55. The molecule has 0 aliphatic rings. The third-order valence-corrected chi connectivity index (χ3v) is 4.55. The molecule has 0 spiro atoms. The van der Waals surface area contributed by atoms with Gasteiger partial charge in [-0.2, -0.15) is 0 Å². The standard InChI is InChI=1S/C21H17F2N3O2/c1-14-19(11-22)24-20-7-6-17(12-26(14)20)25-9-8-18(10-21(25)27)28-13-15-2-4-16(23)5-3-15/h2-10,12H,11,13H2,1H3. The van der Waals surface area contributed by atoms with E-state index >= 15 is 0 Å². The summed E-state index contributed by atoms with van der Waals surface area (Å²) < 4.78 is 34.8. The Morgan fingerprint density at radius 2 is 1.89 bits per heavy atom. The van der Waals surface area contributed by atoms with Gasteiger partial charge in [0.2, 0.25) is 0 Å². The molecule has 1 aromatic carbocycles. The lowest BCUT2D eigenvalue weighted by Gasteiger charge is -2.10. The van der Waals surface area contributed by atoms with Gasteiger partial charge in [0.25, 0.3) is 5.56 Å². The van der Waals surface area contributed by atoms with Crippen molar-refractivity contribution in [2.24, 2.45) is 0 Å². The van der Waals surface area contributed by atoms with E-state index in [2.05, 4.69) is 4.98 Å². The molecule has 3 aromatic heterocycles. The normalized spacial score (nSPS) is 11.1. The fraction of sp³-hybridized carbons (Fsp3) is 0.143. The molecule has 0 radical (unpaired) electrons. The van der Waals surface area contributed by atoms with Crippen LogP contribution in [0.2, 0.25) is 0 Å². The van der Waals surface area contributed by atoms with Crippen molar-refractivity contribution in [3.63, 3.8) is 0 Å². The molecule has 28 heavy (non-hydrogen) atoms. The molecule has 0 fully saturated rings. The van der Waals surface area contributed by atoms with Crippen molar-refractivity contribution in [3.8, 4) is 11.4 Å². The first-order valence-electron chi connectivity index (χ1n) is 8.69. The first-order chi connectivity index (χ1) is 13.5. The van der Waals surface area contributed by atoms with E-state index < -0.39 is 6.67 Å². The minimum Gasteiger partial charge on any atom is -0.489 e. The highest BCUT2D eigenvalue weighted by atomic mass is 19.1. The van der Waals surface area contributed by atoms with Gasteiger partial charge in [0.15, 0.2) is 0 Å².